The van der Waals surface area contributed by atoms with Crippen LogP contribution in [0.2, 0.25) is 0 Å². The fraction of sp³-hybridized carbons (Fsp3) is 0.462. The maximum atomic E-state index is 12.2. The molecule has 1 aromatic carbocycles. The minimum Gasteiger partial charge on any atom is -0.495 e. The molecule has 1 aromatic rings. The monoisotopic (exact) mass is 319 g/mol. The van der Waals surface area contributed by atoms with Crippen molar-refractivity contribution in [2.24, 2.45) is 0 Å². The third kappa shape index (κ3) is 4.11. The molecule has 0 aliphatic rings. The number of hydrogen-bond donors (Lipinski definition) is 0. The zero-order valence-electron chi connectivity index (χ0n) is 11.7. The lowest BCUT2D eigenvalue weighted by atomic mass is 10.2. The molecule has 0 aliphatic heterocycles. The van der Waals surface area contributed by atoms with Crippen molar-refractivity contribution < 1.29 is 17.9 Å². The van der Waals surface area contributed by atoms with E-state index in [9.17, 15) is 13.2 Å². The SMILES string of the molecule is CCCCN(C)C(=O)c1ccc(OC)c(S(=O)(=O)Cl)c1. The zero-order chi connectivity index (χ0) is 15.3. The van der Waals surface area contributed by atoms with E-state index in [4.69, 9.17) is 15.4 Å². The number of carbonyl (C=O) groups excluding carboxylic acids is 1. The highest BCUT2D eigenvalue weighted by molar-refractivity contribution is 8.13. The number of ether oxygens (including phenoxy) is 1. The molecule has 0 saturated heterocycles. The molecule has 0 aliphatic carbocycles. The van der Waals surface area contributed by atoms with E-state index in [1.807, 2.05) is 6.92 Å². The smallest absolute Gasteiger partial charge is 0.265 e. The minimum absolute atomic E-state index is 0.118. The normalized spacial score (nSPS) is 11.2. The highest BCUT2D eigenvalue weighted by atomic mass is 35.7. The molecule has 0 N–H and O–H groups in total. The van der Waals surface area contributed by atoms with Crippen LogP contribution in [0.5, 0.6) is 5.75 Å². The van der Waals surface area contributed by atoms with E-state index in [0.29, 0.717) is 6.54 Å². The van der Waals surface area contributed by atoms with Crippen LogP contribution in [0.1, 0.15) is 30.1 Å². The summed E-state index contributed by atoms with van der Waals surface area (Å²) in [5.74, 6) is -0.129. The van der Waals surface area contributed by atoms with Crippen molar-refractivity contribution >= 4 is 25.6 Å². The van der Waals surface area contributed by atoms with Crippen LogP contribution >= 0.6 is 10.7 Å². The molecule has 20 heavy (non-hydrogen) atoms. The Hall–Kier alpha value is -1.27. The van der Waals surface area contributed by atoms with Crippen LogP contribution in [0.15, 0.2) is 23.1 Å². The van der Waals surface area contributed by atoms with Gasteiger partial charge >= 0.3 is 0 Å². The Morgan fingerprint density at radius 3 is 2.55 bits per heavy atom. The second kappa shape index (κ2) is 6.95. The van der Waals surface area contributed by atoms with Crippen molar-refractivity contribution in [1.82, 2.24) is 4.90 Å². The molecule has 0 atom stereocenters. The van der Waals surface area contributed by atoms with Crippen LogP contribution in [-0.4, -0.2) is 39.9 Å². The van der Waals surface area contributed by atoms with Gasteiger partial charge < -0.3 is 9.64 Å². The summed E-state index contributed by atoms with van der Waals surface area (Å²) in [7, 11) is 4.40. The van der Waals surface area contributed by atoms with E-state index in [2.05, 4.69) is 0 Å². The summed E-state index contributed by atoms with van der Waals surface area (Å²) in [6, 6.07) is 4.19. The summed E-state index contributed by atoms with van der Waals surface area (Å²) in [5, 5.41) is 0. The van der Waals surface area contributed by atoms with Gasteiger partial charge in [0.1, 0.15) is 10.6 Å². The number of halogens is 1. The lowest BCUT2D eigenvalue weighted by Crippen LogP contribution is -2.27. The molecule has 1 amide bonds. The van der Waals surface area contributed by atoms with Crippen LogP contribution in [0.4, 0.5) is 0 Å². The van der Waals surface area contributed by atoms with Crippen molar-refractivity contribution in [3.63, 3.8) is 0 Å². The first-order chi connectivity index (χ1) is 9.31. The average molecular weight is 320 g/mol. The van der Waals surface area contributed by atoms with E-state index in [0.717, 1.165) is 12.8 Å². The first-order valence-electron chi connectivity index (χ1n) is 6.19. The molecule has 1 rings (SSSR count). The van der Waals surface area contributed by atoms with Crippen LogP contribution in [0.25, 0.3) is 0 Å². The standard InChI is InChI=1S/C13H18ClNO4S/c1-4-5-8-15(2)13(16)10-6-7-11(19-3)12(9-10)20(14,17)18/h6-7,9H,4-5,8H2,1-3H3. The molecule has 0 radical (unpaired) electrons. The van der Waals surface area contributed by atoms with E-state index in [1.165, 1.54) is 25.3 Å². The Bertz CT molecular complexity index is 586. The van der Waals surface area contributed by atoms with E-state index in [-0.39, 0.29) is 22.1 Å². The predicted molar refractivity (Wildman–Crippen MR) is 77.9 cm³/mol. The third-order valence-electron chi connectivity index (χ3n) is 2.87. The van der Waals surface area contributed by atoms with Gasteiger partial charge in [-0.2, -0.15) is 0 Å². The Kier molecular flexibility index (Phi) is 5.83. The van der Waals surface area contributed by atoms with E-state index >= 15 is 0 Å². The van der Waals surface area contributed by atoms with Gasteiger partial charge in [0.05, 0.1) is 7.11 Å². The Labute approximate surface area is 123 Å². The van der Waals surface area contributed by atoms with E-state index in [1.54, 1.807) is 11.9 Å². The molecule has 0 saturated carbocycles. The summed E-state index contributed by atoms with van der Waals surface area (Å²) in [5.41, 5.74) is 0.267. The fourth-order valence-corrected chi connectivity index (χ4v) is 2.74. The molecular formula is C13H18ClNO4S. The lowest BCUT2D eigenvalue weighted by molar-refractivity contribution is 0.0793. The number of benzene rings is 1. The van der Waals surface area contributed by atoms with Crippen molar-refractivity contribution in [3.8, 4) is 5.75 Å². The largest absolute Gasteiger partial charge is 0.495 e. The maximum Gasteiger partial charge on any atom is 0.265 e. The molecular weight excluding hydrogens is 302 g/mol. The number of unbranched alkanes of at least 4 members (excludes halogenated alkanes) is 1. The molecule has 0 heterocycles. The minimum atomic E-state index is -3.97. The van der Waals surface area contributed by atoms with Gasteiger partial charge in [-0.05, 0) is 24.6 Å². The molecule has 0 bridgehead atoms. The van der Waals surface area contributed by atoms with Crippen molar-refractivity contribution in [2.45, 2.75) is 24.7 Å². The molecule has 7 heteroatoms. The van der Waals surface area contributed by atoms with Gasteiger partial charge in [0.15, 0.2) is 0 Å². The number of methoxy groups -OCH3 is 1. The highest BCUT2D eigenvalue weighted by Crippen LogP contribution is 2.28. The number of nitrogens with zero attached hydrogens (tertiary/aromatic N) is 1. The van der Waals surface area contributed by atoms with Gasteiger partial charge in [0.25, 0.3) is 15.0 Å². The van der Waals surface area contributed by atoms with Crippen molar-refractivity contribution in [2.75, 3.05) is 20.7 Å². The maximum absolute atomic E-state index is 12.2. The van der Waals surface area contributed by atoms with Gasteiger partial charge in [-0.25, -0.2) is 8.42 Å². The molecule has 0 unspecified atom stereocenters. The second-order valence-electron chi connectivity index (χ2n) is 4.38. The number of hydrogen-bond acceptors (Lipinski definition) is 4. The summed E-state index contributed by atoms with van der Waals surface area (Å²) in [6.07, 6.45) is 1.86. The Morgan fingerprint density at radius 2 is 2.05 bits per heavy atom. The first kappa shape index (κ1) is 16.8. The van der Waals surface area contributed by atoms with Crippen molar-refractivity contribution in [3.05, 3.63) is 23.8 Å². The summed E-state index contributed by atoms with van der Waals surface area (Å²) < 4.78 is 27.9. The van der Waals surface area contributed by atoms with E-state index < -0.39 is 9.05 Å². The Morgan fingerprint density at radius 1 is 1.40 bits per heavy atom. The van der Waals surface area contributed by atoms with Crippen molar-refractivity contribution in [1.29, 1.82) is 0 Å². The van der Waals surface area contributed by atoms with Gasteiger partial charge in [-0.3, -0.25) is 4.79 Å². The zero-order valence-corrected chi connectivity index (χ0v) is 13.3. The highest BCUT2D eigenvalue weighted by Gasteiger charge is 2.20. The van der Waals surface area contributed by atoms with Crippen LogP contribution in [0, 0.1) is 0 Å². The summed E-state index contributed by atoms with van der Waals surface area (Å²) >= 11 is 0. The fourth-order valence-electron chi connectivity index (χ4n) is 1.72. The van der Waals surface area contributed by atoms with Gasteiger partial charge in [0.2, 0.25) is 0 Å². The quantitative estimate of drug-likeness (QED) is 0.756. The van der Waals surface area contributed by atoms with Crippen LogP contribution < -0.4 is 4.74 Å². The molecule has 0 aromatic heterocycles. The van der Waals surface area contributed by atoms with Gasteiger partial charge in [-0.1, -0.05) is 13.3 Å². The summed E-state index contributed by atoms with van der Waals surface area (Å²) in [6.45, 7) is 2.65. The first-order valence-corrected chi connectivity index (χ1v) is 8.50. The molecule has 5 nitrogen and oxygen atoms in total. The molecule has 0 fully saturated rings. The number of carbonyl (C=O) groups is 1. The Balaban J connectivity index is 3.12. The summed E-state index contributed by atoms with van der Waals surface area (Å²) in [4.78, 5) is 13.5. The second-order valence-corrected chi connectivity index (χ2v) is 6.92. The number of amides is 1. The topological polar surface area (TPSA) is 63.7 Å². The van der Waals surface area contributed by atoms with Crippen LogP contribution in [0.3, 0.4) is 0 Å². The van der Waals surface area contributed by atoms with Crippen LogP contribution in [-0.2, 0) is 9.05 Å². The average Bonchev–Trinajstić information content (AvgIpc) is 2.42. The van der Waals surface area contributed by atoms with Gasteiger partial charge in [0, 0.05) is 29.8 Å². The predicted octanol–water partition coefficient (Wildman–Crippen LogP) is 2.49. The van der Waals surface area contributed by atoms with Gasteiger partial charge in [-0.15, -0.1) is 0 Å². The molecule has 112 valence electrons. The molecule has 0 spiro atoms. The lowest BCUT2D eigenvalue weighted by Gasteiger charge is -2.17. The number of rotatable bonds is 6. The third-order valence-corrected chi connectivity index (χ3v) is 4.21.